The predicted molar refractivity (Wildman–Crippen MR) is 228 cm³/mol. The van der Waals surface area contributed by atoms with E-state index >= 15 is 0 Å². The van der Waals surface area contributed by atoms with Crippen molar-refractivity contribution in [2.75, 3.05) is 4.90 Å². The molecule has 0 bridgehead atoms. The molecule has 0 saturated heterocycles. The fourth-order valence-electron chi connectivity index (χ4n) is 10.0. The van der Waals surface area contributed by atoms with E-state index in [1.165, 1.54) is 116 Å². The maximum atomic E-state index is 2.51. The Morgan fingerprint density at radius 2 is 0.704 bits per heavy atom. The Labute approximate surface area is 315 Å². The lowest BCUT2D eigenvalue weighted by molar-refractivity contribution is 0.661. The largest absolute Gasteiger partial charge is 0.310 e. The van der Waals surface area contributed by atoms with Gasteiger partial charge in [-0.05, 0) is 173 Å². The smallest absolute Gasteiger partial charge is 0.0465 e. The topological polar surface area (TPSA) is 3.24 Å². The van der Waals surface area contributed by atoms with Crippen molar-refractivity contribution in [3.63, 3.8) is 0 Å². The highest BCUT2D eigenvalue weighted by Crippen LogP contribution is 2.53. The Morgan fingerprint density at radius 3 is 1.20 bits per heavy atom. The summed E-state index contributed by atoms with van der Waals surface area (Å²) in [7, 11) is 0. The van der Waals surface area contributed by atoms with Gasteiger partial charge in [0.25, 0.3) is 0 Å². The molecule has 0 radical (unpaired) electrons. The van der Waals surface area contributed by atoms with Crippen molar-refractivity contribution >= 4 is 49.4 Å². The zero-order valence-corrected chi connectivity index (χ0v) is 30.4. The molecule has 0 spiro atoms. The Bertz CT molecular complexity index is 2950. The van der Waals surface area contributed by atoms with E-state index in [9.17, 15) is 0 Å². The van der Waals surface area contributed by atoms with Crippen molar-refractivity contribution in [2.24, 2.45) is 0 Å². The van der Waals surface area contributed by atoms with Crippen LogP contribution >= 0.6 is 0 Å². The second-order valence-electron chi connectivity index (χ2n) is 16.2. The summed E-state index contributed by atoms with van der Waals surface area (Å²) in [5.41, 5.74) is 20.0. The molecule has 0 N–H and O–H groups in total. The molecule has 0 unspecified atom stereocenters. The number of rotatable bonds is 3. The van der Waals surface area contributed by atoms with E-state index in [2.05, 4.69) is 183 Å². The van der Waals surface area contributed by atoms with E-state index in [-0.39, 0.29) is 5.41 Å². The zero-order valence-electron chi connectivity index (χ0n) is 30.4. The number of benzene rings is 9. The van der Waals surface area contributed by atoms with Gasteiger partial charge in [-0.3, -0.25) is 0 Å². The van der Waals surface area contributed by atoms with Gasteiger partial charge >= 0.3 is 0 Å². The highest BCUT2D eigenvalue weighted by Gasteiger charge is 2.36. The average molecular weight is 688 g/mol. The van der Waals surface area contributed by atoms with Crippen LogP contribution < -0.4 is 4.90 Å². The van der Waals surface area contributed by atoms with Crippen LogP contribution in [0.15, 0.2) is 164 Å². The zero-order chi connectivity index (χ0) is 35.7. The van der Waals surface area contributed by atoms with Gasteiger partial charge in [0, 0.05) is 22.5 Å². The minimum atomic E-state index is -0.125. The molecule has 0 atom stereocenters. The molecule has 9 aromatic rings. The molecule has 254 valence electrons. The number of hydrogen-bond donors (Lipinski definition) is 0. The van der Waals surface area contributed by atoms with Crippen molar-refractivity contribution in [1.29, 1.82) is 0 Å². The third kappa shape index (κ3) is 4.27. The third-order valence-electron chi connectivity index (χ3n) is 12.8. The van der Waals surface area contributed by atoms with E-state index in [0.717, 1.165) is 12.8 Å². The summed E-state index contributed by atoms with van der Waals surface area (Å²) in [4.78, 5) is 2.51. The fourth-order valence-corrected chi connectivity index (χ4v) is 10.0. The molecule has 0 aliphatic heterocycles. The van der Waals surface area contributed by atoms with Gasteiger partial charge in [0.2, 0.25) is 0 Å². The molecule has 3 aliphatic rings. The normalized spacial score (nSPS) is 14.1. The quantitative estimate of drug-likeness (QED) is 0.179. The fraction of sp³-hybridized carbons (Fsp3) is 0.0943. The van der Waals surface area contributed by atoms with Crippen LogP contribution in [0.1, 0.15) is 47.2 Å². The highest BCUT2D eigenvalue weighted by atomic mass is 15.1. The number of nitrogens with zero attached hydrogens (tertiary/aromatic N) is 1. The maximum Gasteiger partial charge on any atom is 0.0465 e. The van der Waals surface area contributed by atoms with Crippen molar-refractivity contribution in [3.05, 3.63) is 197 Å². The standard InChI is InChI=1S/C53H37N/c1-53(2)51-30-37-14-8-7-13-36(37)29-50(51)47-20-17-44(31-52(47)53)54(42-15-18-45-40(25-42)23-38-21-32-9-3-5-11-34(32)27-48(38)45)43-16-19-46-41(26-43)24-39-22-33-10-4-6-12-35(33)28-49(39)46/h3-22,25-31H,23-24H2,1-2H3. The molecule has 3 aliphatic carbocycles. The molecule has 0 fully saturated rings. The van der Waals surface area contributed by atoms with E-state index in [0.29, 0.717) is 0 Å². The van der Waals surface area contributed by atoms with Gasteiger partial charge in [-0.25, -0.2) is 0 Å². The van der Waals surface area contributed by atoms with Gasteiger partial charge in [-0.1, -0.05) is 117 Å². The predicted octanol–water partition coefficient (Wildman–Crippen LogP) is 14.1. The number of anilines is 3. The van der Waals surface area contributed by atoms with E-state index in [1.54, 1.807) is 0 Å². The molecular weight excluding hydrogens is 651 g/mol. The molecule has 1 nitrogen and oxygen atoms in total. The second kappa shape index (κ2) is 10.8. The molecule has 0 amide bonds. The minimum absolute atomic E-state index is 0.125. The summed E-state index contributed by atoms with van der Waals surface area (Å²) in [5.74, 6) is 0. The van der Waals surface area contributed by atoms with Crippen LogP contribution in [-0.4, -0.2) is 0 Å². The first-order chi connectivity index (χ1) is 26.5. The molecule has 0 heterocycles. The SMILES string of the molecule is CC1(C)c2cc(N(c3ccc4c(c3)Cc3cc5ccccc5cc3-4)c3ccc4c(c3)Cc3cc5ccccc5cc3-4)ccc2-c2cc3ccccc3cc21. The van der Waals surface area contributed by atoms with Crippen LogP contribution in [0.4, 0.5) is 17.1 Å². The molecule has 0 aromatic heterocycles. The molecule has 12 rings (SSSR count). The van der Waals surface area contributed by atoms with Crippen LogP contribution in [0, 0.1) is 0 Å². The van der Waals surface area contributed by atoms with Crippen LogP contribution in [0.3, 0.4) is 0 Å². The minimum Gasteiger partial charge on any atom is -0.310 e. The maximum absolute atomic E-state index is 2.51. The first-order valence-corrected chi connectivity index (χ1v) is 19.2. The summed E-state index contributed by atoms with van der Waals surface area (Å²) in [6.07, 6.45) is 1.90. The monoisotopic (exact) mass is 687 g/mol. The lowest BCUT2D eigenvalue weighted by Gasteiger charge is -2.29. The Morgan fingerprint density at radius 1 is 0.333 bits per heavy atom. The molecule has 0 saturated carbocycles. The van der Waals surface area contributed by atoms with E-state index < -0.39 is 0 Å². The van der Waals surface area contributed by atoms with Crippen LogP contribution in [0.5, 0.6) is 0 Å². The summed E-state index contributed by atoms with van der Waals surface area (Å²) >= 11 is 0. The van der Waals surface area contributed by atoms with Gasteiger partial charge in [0.1, 0.15) is 0 Å². The summed E-state index contributed by atoms with van der Waals surface area (Å²) < 4.78 is 0. The van der Waals surface area contributed by atoms with Gasteiger partial charge in [0.15, 0.2) is 0 Å². The van der Waals surface area contributed by atoms with Gasteiger partial charge in [-0.2, -0.15) is 0 Å². The third-order valence-corrected chi connectivity index (χ3v) is 12.8. The van der Waals surface area contributed by atoms with Crippen molar-refractivity contribution in [2.45, 2.75) is 32.1 Å². The van der Waals surface area contributed by atoms with Crippen LogP contribution in [0.25, 0.3) is 65.7 Å². The number of hydrogen-bond acceptors (Lipinski definition) is 1. The Kier molecular flexibility index (Phi) is 6.02. The first-order valence-electron chi connectivity index (χ1n) is 19.2. The molecule has 1 heteroatoms. The van der Waals surface area contributed by atoms with Crippen molar-refractivity contribution < 1.29 is 0 Å². The lowest BCUT2D eigenvalue weighted by Crippen LogP contribution is -2.16. The average Bonchev–Trinajstić information content (AvgIpc) is 3.81. The Hall–Kier alpha value is -6.44. The van der Waals surface area contributed by atoms with Crippen molar-refractivity contribution in [1.82, 2.24) is 0 Å². The van der Waals surface area contributed by atoms with Crippen LogP contribution in [-0.2, 0) is 18.3 Å². The van der Waals surface area contributed by atoms with Crippen LogP contribution in [0.2, 0.25) is 0 Å². The van der Waals surface area contributed by atoms with E-state index in [1.807, 2.05) is 0 Å². The molecular formula is C53H37N. The van der Waals surface area contributed by atoms with Gasteiger partial charge in [-0.15, -0.1) is 0 Å². The summed E-state index contributed by atoms with van der Waals surface area (Å²) in [6.45, 7) is 4.79. The lowest BCUT2D eigenvalue weighted by atomic mass is 9.81. The molecule has 9 aromatic carbocycles. The Balaban J connectivity index is 1.02. The van der Waals surface area contributed by atoms with Crippen molar-refractivity contribution in [3.8, 4) is 33.4 Å². The summed E-state index contributed by atoms with van der Waals surface area (Å²) in [5, 5.41) is 7.83. The second-order valence-corrected chi connectivity index (χ2v) is 16.2. The van der Waals surface area contributed by atoms with Gasteiger partial charge < -0.3 is 4.90 Å². The molecule has 54 heavy (non-hydrogen) atoms. The first kappa shape index (κ1) is 30.1. The number of fused-ring (bicyclic) bond motifs is 12. The van der Waals surface area contributed by atoms with Gasteiger partial charge in [0.05, 0.1) is 0 Å². The summed E-state index contributed by atoms with van der Waals surface area (Å²) in [6, 6.07) is 62.2. The highest BCUT2D eigenvalue weighted by molar-refractivity contribution is 5.97. The van der Waals surface area contributed by atoms with E-state index in [4.69, 9.17) is 0 Å².